The summed E-state index contributed by atoms with van der Waals surface area (Å²) in [5, 5.41) is 4.59. The zero-order valence-electron chi connectivity index (χ0n) is 15.6. The number of rotatable bonds is 7. The van der Waals surface area contributed by atoms with Crippen molar-refractivity contribution < 1.29 is 14.1 Å². The van der Waals surface area contributed by atoms with Gasteiger partial charge in [-0.2, -0.15) is 4.98 Å². The molecule has 0 bridgehead atoms. The quantitative estimate of drug-likeness (QED) is 0.550. The Morgan fingerprint density at radius 1 is 1.21 bits per heavy atom. The normalized spacial score (nSPS) is 11.0. The number of carbonyl (C=O) groups is 1. The summed E-state index contributed by atoms with van der Waals surface area (Å²) in [7, 11) is 1.61. The van der Waals surface area contributed by atoms with E-state index in [2.05, 4.69) is 10.1 Å². The van der Waals surface area contributed by atoms with Crippen molar-refractivity contribution in [1.82, 2.24) is 15.0 Å². The molecule has 0 aliphatic rings. The molecule has 0 saturated heterocycles. The van der Waals surface area contributed by atoms with Crippen molar-refractivity contribution >= 4 is 23.6 Å². The van der Waals surface area contributed by atoms with Crippen LogP contribution in [-0.4, -0.2) is 34.6 Å². The van der Waals surface area contributed by atoms with E-state index in [1.807, 2.05) is 49.4 Å². The molecule has 0 radical (unpaired) electrons. The van der Waals surface area contributed by atoms with Gasteiger partial charge in [-0.15, -0.1) is 0 Å². The molecule has 144 valence electrons. The molecule has 0 N–H and O–H groups in total. The molecule has 7 heteroatoms. The molecule has 0 aliphatic heterocycles. The van der Waals surface area contributed by atoms with Crippen molar-refractivity contribution in [2.45, 2.75) is 13.5 Å². The highest BCUT2D eigenvalue weighted by Crippen LogP contribution is 2.20. The smallest absolute Gasteiger partial charge is 0.247 e. The van der Waals surface area contributed by atoms with E-state index in [9.17, 15) is 4.79 Å². The maximum absolute atomic E-state index is 12.5. The Morgan fingerprint density at radius 2 is 1.96 bits per heavy atom. The lowest BCUT2D eigenvalue weighted by atomic mass is 10.2. The zero-order valence-corrected chi connectivity index (χ0v) is 16.4. The minimum absolute atomic E-state index is 0.161. The second-order valence-corrected chi connectivity index (χ2v) is 6.35. The van der Waals surface area contributed by atoms with Crippen LogP contribution in [0.15, 0.2) is 59.1 Å². The van der Waals surface area contributed by atoms with Crippen LogP contribution in [0.5, 0.6) is 5.75 Å². The molecule has 3 aromatic rings. The van der Waals surface area contributed by atoms with Crippen LogP contribution in [0, 0.1) is 0 Å². The Kier molecular flexibility index (Phi) is 6.45. The van der Waals surface area contributed by atoms with E-state index in [4.69, 9.17) is 20.9 Å². The number of aromatic nitrogens is 2. The minimum Gasteiger partial charge on any atom is -0.497 e. The summed E-state index contributed by atoms with van der Waals surface area (Å²) < 4.78 is 10.5. The third kappa shape index (κ3) is 4.78. The number of nitrogens with zero attached hydrogens (tertiary/aromatic N) is 3. The van der Waals surface area contributed by atoms with E-state index in [0.717, 1.165) is 16.9 Å². The lowest BCUT2D eigenvalue weighted by Crippen LogP contribution is -2.28. The van der Waals surface area contributed by atoms with Gasteiger partial charge in [0.25, 0.3) is 0 Å². The highest BCUT2D eigenvalue weighted by molar-refractivity contribution is 6.32. The fourth-order valence-electron chi connectivity index (χ4n) is 2.56. The van der Waals surface area contributed by atoms with E-state index in [0.29, 0.717) is 23.3 Å². The highest BCUT2D eigenvalue weighted by Gasteiger charge is 2.15. The lowest BCUT2D eigenvalue weighted by Gasteiger charge is -2.16. The number of methoxy groups -OCH3 is 1. The molecule has 0 atom stereocenters. The van der Waals surface area contributed by atoms with Crippen molar-refractivity contribution in [3.05, 3.63) is 71.1 Å². The highest BCUT2D eigenvalue weighted by atomic mass is 35.5. The molecule has 0 spiro atoms. The fourth-order valence-corrected chi connectivity index (χ4v) is 2.76. The molecule has 1 heterocycles. The number of likely N-dealkylation sites (N-methyl/N-ethyl adjacent to an activating group) is 1. The first-order valence-corrected chi connectivity index (χ1v) is 9.17. The number of hydrogen-bond donors (Lipinski definition) is 0. The molecule has 28 heavy (non-hydrogen) atoms. The number of benzene rings is 2. The first kappa shape index (κ1) is 19.6. The van der Waals surface area contributed by atoms with Gasteiger partial charge in [-0.05, 0) is 48.9 Å². The fraction of sp³-hybridized carbons (Fsp3) is 0.190. The Morgan fingerprint density at radius 3 is 2.64 bits per heavy atom. The van der Waals surface area contributed by atoms with Crippen LogP contribution in [0.1, 0.15) is 18.4 Å². The van der Waals surface area contributed by atoms with Crippen LogP contribution in [-0.2, 0) is 11.3 Å². The standard InChI is InChI=1S/C21H20ClN3O3/c1-3-25(20(26)13-10-15-6-4-5-7-18(15)22)14-19-23-21(24-28-19)16-8-11-17(27-2)12-9-16/h4-13H,3,14H2,1-2H3/b13-10+. The molecule has 0 unspecified atom stereocenters. The third-order valence-electron chi connectivity index (χ3n) is 4.15. The van der Waals surface area contributed by atoms with Crippen molar-refractivity contribution in [2.75, 3.05) is 13.7 Å². The van der Waals surface area contributed by atoms with Gasteiger partial charge in [0.1, 0.15) is 12.3 Å². The molecular formula is C21H20ClN3O3. The van der Waals surface area contributed by atoms with Gasteiger partial charge in [0.15, 0.2) is 0 Å². The van der Waals surface area contributed by atoms with Crippen LogP contribution in [0.25, 0.3) is 17.5 Å². The summed E-state index contributed by atoms with van der Waals surface area (Å²) >= 11 is 6.11. The predicted molar refractivity (Wildman–Crippen MR) is 108 cm³/mol. The summed E-state index contributed by atoms with van der Waals surface area (Å²) in [6.45, 7) is 2.62. The second kappa shape index (κ2) is 9.19. The van der Waals surface area contributed by atoms with Crippen LogP contribution < -0.4 is 4.74 Å². The summed E-state index contributed by atoms with van der Waals surface area (Å²) in [5.74, 6) is 1.42. The van der Waals surface area contributed by atoms with E-state index < -0.39 is 0 Å². The average molecular weight is 398 g/mol. The molecule has 6 nitrogen and oxygen atoms in total. The Labute approximate surface area is 168 Å². The molecule has 0 saturated carbocycles. The first-order chi connectivity index (χ1) is 13.6. The average Bonchev–Trinajstić information content (AvgIpc) is 3.20. The summed E-state index contributed by atoms with van der Waals surface area (Å²) in [5.41, 5.74) is 1.59. The van der Waals surface area contributed by atoms with Crippen molar-refractivity contribution in [3.63, 3.8) is 0 Å². The Hall–Kier alpha value is -3.12. The van der Waals surface area contributed by atoms with E-state index in [1.165, 1.54) is 6.08 Å². The van der Waals surface area contributed by atoms with Crippen LogP contribution in [0.3, 0.4) is 0 Å². The minimum atomic E-state index is -0.161. The number of carbonyl (C=O) groups excluding carboxylic acids is 1. The molecule has 1 amide bonds. The summed E-state index contributed by atoms with van der Waals surface area (Å²) in [4.78, 5) is 18.5. The van der Waals surface area contributed by atoms with Gasteiger partial charge in [0.2, 0.25) is 17.6 Å². The van der Waals surface area contributed by atoms with Crippen molar-refractivity contribution in [3.8, 4) is 17.1 Å². The van der Waals surface area contributed by atoms with E-state index in [-0.39, 0.29) is 12.5 Å². The lowest BCUT2D eigenvalue weighted by molar-refractivity contribution is -0.126. The van der Waals surface area contributed by atoms with Gasteiger partial charge >= 0.3 is 0 Å². The third-order valence-corrected chi connectivity index (χ3v) is 4.49. The van der Waals surface area contributed by atoms with E-state index >= 15 is 0 Å². The molecule has 0 aliphatic carbocycles. The van der Waals surface area contributed by atoms with Gasteiger partial charge in [-0.1, -0.05) is 35.0 Å². The van der Waals surface area contributed by atoms with Gasteiger partial charge in [0, 0.05) is 23.2 Å². The SMILES string of the molecule is CCN(Cc1nc(-c2ccc(OC)cc2)no1)C(=O)/C=C/c1ccccc1Cl. The molecule has 1 aromatic heterocycles. The maximum Gasteiger partial charge on any atom is 0.247 e. The van der Waals surface area contributed by atoms with Gasteiger partial charge in [-0.25, -0.2) is 0 Å². The number of ether oxygens (including phenoxy) is 1. The van der Waals surface area contributed by atoms with Crippen LogP contribution in [0.2, 0.25) is 5.02 Å². The molecular weight excluding hydrogens is 378 g/mol. The molecule has 3 rings (SSSR count). The van der Waals surface area contributed by atoms with E-state index in [1.54, 1.807) is 24.2 Å². The first-order valence-electron chi connectivity index (χ1n) is 8.79. The zero-order chi connectivity index (χ0) is 19.9. The summed E-state index contributed by atoms with van der Waals surface area (Å²) in [6, 6.07) is 14.7. The summed E-state index contributed by atoms with van der Waals surface area (Å²) in [6.07, 6.45) is 3.19. The predicted octanol–water partition coefficient (Wildman–Crippen LogP) is 4.46. The number of amides is 1. The second-order valence-electron chi connectivity index (χ2n) is 5.95. The maximum atomic E-state index is 12.5. The van der Waals surface area contributed by atoms with Crippen molar-refractivity contribution in [1.29, 1.82) is 0 Å². The largest absolute Gasteiger partial charge is 0.497 e. The van der Waals surface area contributed by atoms with Gasteiger partial charge < -0.3 is 14.2 Å². The van der Waals surface area contributed by atoms with Crippen molar-refractivity contribution in [2.24, 2.45) is 0 Å². The van der Waals surface area contributed by atoms with Crippen LogP contribution in [0.4, 0.5) is 0 Å². The monoisotopic (exact) mass is 397 g/mol. The van der Waals surface area contributed by atoms with Crippen LogP contribution >= 0.6 is 11.6 Å². The Balaban J connectivity index is 1.68. The molecule has 0 fully saturated rings. The Bertz CT molecular complexity index is 967. The number of hydrogen-bond acceptors (Lipinski definition) is 5. The van der Waals surface area contributed by atoms with Gasteiger partial charge in [0.05, 0.1) is 7.11 Å². The molecule has 2 aromatic carbocycles. The van der Waals surface area contributed by atoms with Gasteiger partial charge in [-0.3, -0.25) is 4.79 Å². The topological polar surface area (TPSA) is 68.5 Å². The number of halogens is 1.